The van der Waals surface area contributed by atoms with Crippen LogP contribution in [0.3, 0.4) is 0 Å². The highest BCUT2D eigenvalue weighted by molar-refractivity contribution is 5.83. The number of carbonyl (C=O) groups excluding carboxylic acids is 1. The van der Waals surface area contributed by atoms with Gasteiger partial charge in [-0.05, 0) is 53.6 Å². The zero-order chi connectivity index (χ0) is 27.6. The molecule has 0 bridgehead atoms. The molecule has 0 aromatic heterocycles. The maximum atomic E-state index is 13.5. The lowest BCUT2D eigenvalue weighted by molar-refractivity contribution is -0.307. The molecule has 10 nitrogen and oxygen atoms in total. The van der Waals surface area contributed by atoms with Gasteiger partial charge in [0.2, 0.25) is 0 Å². The van der Waals surface area contributed by atoms with Gasteiger partial charge in [-0.15, -0.1) is 0 Å². The number of cyclic esters (lactones) is 1. The molecule has 4 N–H and O–H groups in total. The molecule has 0 saturated carbocycles. The summed E-state index contributed by atoms with van der Waals surface area (Å²) >= 11 is 0. The van der Waals surface area contributed by atoms with Gasteiger partial charge in [-0.3, -0.25) is 0 Å². The first-order valence-corrected chi connectivity index (χ1v) is 12.6. The molecule has 2 saturated heterocycles. The summed E-state index contributed by atoms with van der Waals surface area (Å²) in [7, 11) is 2.88. The first kappa shape index (κ1) is 28.0. The lowest BCUT2D eigenvalue weighted by atomic mass is 9.79. The summed E-state index contributed by atoms with van der Waals surface area (Å²) in [6.45, 7) is 3.52. The molecule has 0 aliphatic carbocycles. The minimum atomic E-state index is -1.57. The van der Waals surface area contributed by atoms with Crippen LogP contribution in [0.1, 0.15) is 25.0 Å². The third kappa shape index (κ3) is 5.26. The molecular weight excluding hydrogens is 496 g/mol. The van der Waals surface area contributed by atoms with Crippen molar-refractivity contribution in [1.29, 1.82) is 0 Å². The van der Waals surface area contributed by atoms with E-state index in [9.17, 15) is 25.2 Å². The molecule has 2 aromatic carbocycles. The predicted octanol–water partition coefficient (Wildman–Crippen LogP) is 2.18. The summed E-state index contributed by atoms with van der Waals surface area (Å²) in [6.07, 6.45) is -2.46. The van der Waals surface area contributed by atoms with Crippen LogP contribution >= 0.6 is 0 Å². The first-order chi connectivity index (χ1) is 18.1. The van der Waals surface area contributed by atoms with Gasteiger partial charge in [-0.2, -0.15) is 0 Å². The van der Waals surface area contributed by atoms with E-state index >= 15 is 0 Å². The van der Waals surface area contributed by atoms with E-state index in [4.69, 9.17) is 23.7 Å². The number of benzene rings is 2. The summed E-state index contributed by atoms with van der Waals surface area (Å²) in [4.78, 5) is 13.5. The average molecular weight is 533 g/mol. The summed E-state index contributed by atoms with van der Waals surface area (Å²) < 4.78 is 28.5. The van der Waals surface area contributed by atoms with Crippen molar-refractivity contribution in [2.45, 2.75) is 50.8 Å². The lowest BCUT2D eigenvalue weighted by Crippen LogP contribution is -2.57. The van der Waals surface area contributed by atoms with Gasteiger partial charge in [-0.25, -0.2) is 4.79 Å². The number of aliphatic hydroxyl groups is 2. The smallest absolute Gasteiger partial charge is 0.339 e. The van der Waals surface area contributed by atoms with Gasteiger partial charge >= 0.3 is 5.97 Å². The van der Waals surface area contributed by atoms with E-state index in [1.807, 2.05) is 13.8 Å². The molecule has 0 amide bonds. The van der Waals surface area contributed by atoms with Crippen LogP contribution in [-0.2, 0) is 31.8 Å². The van der Waals surface area contributed by atoms with Crippen LogP contribution in [0.25, 0.3) is 0 Å². The molecule has 7 atom stereocenters. The maximum Gasteiger partial charge on any atom is 0.339 e. The highest BCUT2D eigenvalue weighted by atomic mass is 16.7. The lowest BCUT2D eigenvalue weighted by Gasteiger charge is -2.45. The minimum absolute atomic E-state index is 0.00872. The number of methoxy groups -OCH3 is 2. The Hall–Kier alpha value is -3.05. The molecule has 7 unspecified atom stereocenters. The van der Waals surface area contributed by atoms with Gasteiger partial charge < -0.3 is 44.1 Å². The van der Waals surface area contributed by atoms with Crippen molar-refractivity contribution in [2.24, 2.45) is 17.8 Å². The van der Waals surface area contributed by atoms with Gasteiger partial charge in [0.25, 0.3) is 0 Å². The van der Waals surface area contributed by atoms with Gasteiger partial charge in [0, 0.05) is 12.3 Å². The summed E-state index contributed by atoms with van der Waals surface area (Å²) in [5.74, 6) is -1.05. The van der Waals surface area contributed by atoms with E-state index in [2.05, 4.69) is 0 Å². The molecule has 0 radical (unpaired) electrons. The van der Waals surface area contributed by atoms with E-state index in [0.717, 1.165) is 5.56 Å². The molecule has 208 valence electrons. The van der Waals surface area contributed by atoms with E-state index < -0.39 is 36.0 Å². The number of carbonyl (C=O) groups is 1. The van der Waals surface area contributed by atoms with Crippen LogP contribution in [-0.4, -0.2) is 77.9 Å². The highest BCUT2D eigenvalue weighted by Gasteiger charge is 2.57. The number of aromatic hydroxyl groups is 2. The molecule has 0 spiro atoms. The van der Waals surface area contributed by atoms with Crippen molar-refractivity contribution in [3.8, 4) is 23.0 Å². The van der Waals surface area contributed by atoms with Crippen LogP contribution in [0, 0.1) is 17.8 Å². The van der Waals surface area contributed by atoms with Crippen LogP contribution < -0.4 is 9.47 Å². The maximum absolute atomic E-state index is 13.5. The number of ether oxygens (including phenoxy) is 5. The predicted molar refractivity (Wildman–Crippen MR) is 135 cm³/mol. The minimum Gasteiger partial charge on any atom is -0.504 e. The first-order valence-electron chi connectivity index (χ1n) is 12.6. The second-order valence-electron chi connectivity index (χ2n) is 10.1. The fourth-order valence-electron chi connectivity index (χ4n) is 5.28. The second-order valence-corrected chi connectivity index (χ2v) is 10.1. The highest BCUT2D eigenvalue weighted by Crippen LogP contribution is 2.42. The molecule has 38 heavy (non-hydrogen) atoms. The molecule has 10 heteroatoms. The van der Waals surface area contributed by atoms with Gasteiger partial charge in [0.15, 0.2) is 34.9 Å². The number of hydrogen-bond acceptors (Lipinski definition) is 10. The molecule has 2 heterocycles. The molecule has 2 fully saturated rings. The zero-order valence-electron chi connectivity index (χ0n) is 22.0. The number of esters is 1. The summed E-state index contributed by atoms with van der Waals surface area (Å²) in [5.41, 5.74) is -0.157. The van der Waals surface area contributed by atoms with Gasteiger partial charge in [0.1, 0.15) is 6.10 Å². The number of phenolic OH excluding ortho intramolecular Hbond substituents is 2. The third-order valence-corrected chi connectivity index (χ3v) is 7.91. The Morgan fingerprint density at radius 3 is 2.18 bits per heavy atom. The number of rotatable bonds is 9. The van der Waals surface area contributed by atoms with E-state index in [0.29, 0.717) is 17.7 Å². The van der Waals surface area contributed by atoms with Crippen molar-refractivity contribution in [1.82, 2.24) is 0 Å². The number of hydrogen-bond donors (Lipinski definition) is 4. The fraction of sp³-hybridized carbons (Fsp3) is 0.536. The fourth-order valence-corrected chi connectivity index (χ4v) is 5.28. The number of aliphatic hydroxyl groups excluding tert-OH is 2. The van der Waals surface area contributed by atoms with E-state index in [1.54, 1.807) is 24.3 Å². The molecule has 4 rings (SSSR count). The Labute approximate surface area is 221 Å². The van der Waals surface area contributed by atoms with E-state index in [1.165, 1.54) is 26.4 Å². The van der Waals surface area contributed by atoms with Crippen LogP contribution in [0.15, 0.2) is 36.4 Å². The monoisotopic (exact) mass is 532 g/mol. The van der Waals surface area contributed by atoms with E-state index in [-0.39, 0.29) is 48.7 Å². The van der Waals surface area contributed by atoms with Crippen molar-refractivity contribution >= 4 is 5.97 Å². The third-order valence-electron chi connectivity index (χ3n) is 7.91. The second kappa shape index (κ2) is 11.4. The molecule has 2 aliphatic heterocycles. The largest absolute Gasteiger partial charge is 0.504 e. The quantitative estimate of drug-likeness (QED) is 0.355. The van der Waals surface area contributed by atoms with Gasteiger partial charge in [0.05, 0.1) is 33.5 Å². The van der Waals surface area contributed by atoms with Crippen molar-refractivity contribution in [3.05, 3.63) is 47.5 Å². The van der Waals surface area contributed by atoms with Crippen LogP contribution in [0.4, 0.5) is 0 Å². The SMILES string of the molecule is COc1cc(CC2COC(=O)C2(Cc2ccc(O)c(OC)c2)OC2OC(CO)C(C)C(C)C2O)ccc1O. The topological polar surface area (TPSA) is 144 Å². The molecular formula is C28H36O10. The standard InChI is InChI=1S/C28H36O10/c1-15-16(2)25(32)26(37-24(15)13-29)38-28(12-18-6-8-21(31)23(11-18)35-4)19(14-36-27(28)33)9-17-5-7-20(30)22(10-17)34-3/h5-8,10-11,15-16,19,24-26,29-32H,9,12-14H2,1-4H3. The Morgan fingerprint density at radius 1 is 0.974 bits per heavy atom. The normalized spacial score (nSPS) is 31.2. The van der Waals surface area contributed by atoms with Crippen LogP contribution in [0.2, 0.25) is 0 Å². The Balaban J connectivity index is 1.73. The average Bonchev–Trinajstić information content (AvgIpc) is 3.20. The van der Waals surface area contributed by atoms with Crippen LogP contribution in [0.5, 0.6) is 23.0 Å². The Bertz CT molecular complexity index is 1130. The number of phenols is 2. The Kier molecular flexibility index (Phi) is 8.37. The molecule has 2 aliphatic rings. The Morgan fingerprint density at radius 2 is 1.58 bits per heavy atom. The zero-order valence-corrected chi connectivity index (χ0v) is 22.0. The molecule has 2 aromatic rings. The summed E-state index contributed by atoms with van der Waals surface area (Å²) in [5, 5.41) is 41.0. The van der Waals surface area contributed by atoms with Crippen molar-refractivity contribution < 1.29 is 48.9 Å². The summed E-state index contributed by atoms with van der Waals surface area (Å²) in [6, 6.07) is 9.68. The van der Waals surface area contributed by atoms with Gasteiger partial charge in [-0.1, -0.05) is 26.0 Å². The van der Waals surface area contributed by atoms with Crippen molar-refractivity contribution in [3.63, 3.8) is 0 Å². The van der Waals surface area contributed by atoms with Crippen molar-refractivity contribution in [2.75, 3.05) is 27.4 Å².